The molecule has 94 valence electrons. The lowest BCUT2D eigenvalue weighted by Gasteiger charge is -2.33. The Morgan fingerprint density at radius 1 is 1.31 bits per heavy atom. The second-order valence-corrected chi connectivity index (χ2v) is 4.96. The van der Waals surface area contributed by atoms with Gasteiger partial charge in [-0.15, -0.1) is 0 Å². The number of carbonyl (C=O) groups excluding carboxylic acids is 1. The van der Waals surface area contributed by atoms with Gasteiger partial charge in [0, 0.05) is 13.1 Å². The summed E-state index contributed by atoms with van der Waals surface area (Å²) >= 11 is 0. The molecule has 6 heteroatoms. The van der Waals surface area contributed by atoms with E-state index in [1.807, 2.05) is 0 Å². The van der Waals surface area contributed by atoms with Gasteiger partial charge in [0.05, 0.1) is 18.2 Å². The van der Waals surface area contributed by atoms with Crippen LogP contribution in [0.1, 0.15) is 20.8 Å². The third-order valence-corrected chi connectivity index (χ3v) is 2.22. The molecule has 3 atom stereocenters. The lowest BCUT2D eigenvalue weighted by atomic mass is 10.0. The summed E-state index contributed by atoms with van der Waals surface area (Å²) in [7, 11) is 0. The van der Waals surface area contributed by atoms with Crippen molar-refractivity contribution in [2.45, 2.75) is 44.6 Å². The molecule has 0 aromatic carbocycles. The first kappa shape index (κ1) is 13.2. The number of carbonyl (C=O) groups is 1. The number of alkyl carbamates (subject to hydrolysis) is 1. The van der Waals surface area contributed by atoms with Gasteiger partial charge in [-0.1, -0.05) is 0 Å². The summed E-state index contributed by atoms with van der Waals surface area (Å²) in [6.45, 7) is 5.95. The fraction of sp³-hybridized carbons (Fsp3) is 0.900. The van der Waals surface area contributed by atoms with Crippen molar-refractivity contribution < 1.29 is 19.7 Å². The van der Waals surface area contributed by atoms with Gasteiger partial charge in [0.25, 0.3) is 0 Å². The number of rotatable bonds is 1. The maximum atomic E-state index is 11.4. The molecule has 0 spiro atoms. The molecule has 1 fully saturated rings. The van der Waals surface area contributed by atoms with Gasteiger partial charge < -0.3 is 25.6 Å². The smallest absolute Gasteiger partial charge is 0.408 e. The molecule has 1 amide bonds. The number of β-amino-alcohol motifs (C(OH)–C–C–N with tert-alkyl or cyclic N) is 2. The van der Waals surface area contributed by atoms with Crippen LogP contribution in [0.15, 0.2) is 0 Å². The van der Waals surface area contributed by atoms with Crippen LogP contribution in [0.25, 0.3) is 0 Å². The minimum atomic E-state index is -0.809. The number of amides is 1. The summed E-state index contributed by atoms with van der Waals surface area (Å²) in [5.41, 5.74) is -0.590. The van der Waals surface area contributed by atoms with Crippen LogP contribution in [0, 0.1) is 0 Å². The van der Waals surface area contributed by atoms with E-state index >= 15 is 0 Å². The summed E-state index contributed by atoms with van der Waals surface area (Å²) in [4.78, 5) is 11.4. The monoisotopic (exact) mass is 232 g/mol. The Morgan fingerprint density at radius 2 is 1.81 bits per heavy atom. The van der Waals surface area contributed by atoms with Crippen molar-refractivity contribution in [2.24, 2.45) is 0 Å². The van der Waals surface area contributed by atoms with E-state index in [1.54, 1.807) is 20.8 Å². The molecular formula is C10H20N2O4. The van der Waals surface area contributed by atoms with Crippen LogP contribution in [-0.2, 0) is 4.74 Å². The topological polar surface area (TPSA) is 90.8 Å². The molecule has 6 nitrogen and oxygen atoms in total. The average Bonchev–Trinajstić information content (AvgIpc) is 2.08. The van der Waals surface area contributed by atoms with Gasteiger partial charge in [-0.2, -0.15) is 0 Å². The molecule has 1 saturated heterocycles. The van der Waals surface area contributed by atoms with E-state index in [4.69, 9.17) is 4.74 Å². The predicted molar refractivity (Wildman–Crippen MR) is 58.0 cm³/mol. The highest BCUT2D eigenvalue weighted by atomic mass is 16.6. The van der Waals surface area contributed by atoms with E-state index in [9.17, 15) is 15.0 Å². The Morgan fingerprint density at radius 3 is 2.25 bits per heavy atom. The van der Waals surface area contributed by atoms with E-state index in [2.05, 4.69) is 10.6 Å². The Bertz CT molecular complexity index is 242. The first-order valence-electron chi connectivity index (χ1n) is 5.36. The van der Waals surface area contributed by atoms with E-state index < -0.39 is 29.9 Å². The number of ether oxygens (including phenoxy) is 1. The molecule has 0 aromatic heterocycles. The van der Waals surface area contributed by atoms with Crippen LogP contribution in [0.3, 0.4) is 0 Å². The number of aliphatic hydroxyl groups is 2. The summed E-state index contributed by atoms with van der Waals surface area (Å²) in [5.74, 6) is 0. The van der Waals surface area contributed by atoms with Gasteiger partial charge in [-0.05, 0) is 20.8 Å². The molecule has 0 radical (unpaired) electrons. The molecule has 0 aromatic rings. The van der Waals surface area contributed by atoms with Gasteiger partial charge in [0.2, 0.25) is 0 Å². The molecule has 16 heavy (non-hydrogen) atoms. The fourth-order valence-electron chi connectivity index (χ4n) is 1.53. The second-order valence-electron chi connectivity index (χ2n) is 4.96. The van der Waals surface area contributed by atoms with Crippen molar-refractivity contribution in [3.05, 3.63) is 0 Å². The normalized spacial score (nSPS) is 30.9. The van der Waals surface area contributed by atoms with Gasteiger partial charge in [-0.3, -0.25) is 0 Å². The maximum absolute atomic E-state index is 11.4. The largest absolute Gasteiger partial charge is 0.444 e. The molecule has 1 aliphatic rings. The Hall–Kier alpha value is -0.850. The molecular weight excluding hydrogens is 212 g/mol. The highest BCUT2D eigenvalue weighted by Gasteiger charge is 2.33. The van der Waals surface area contributed by atoms with Crippen LogP contribution in [-0.4, -0.2) is 53.2 Å². The van der Waals surface area contributed by atoms with Crippen molar-refractivity contribution in [3.8, 4) is 0 Å². The highest BCUT2D eigenvalue weighted by molar-refractivity contribution is 5.68. The zero-order valence-electron chi connectivity index (χ0n) is 9.86. The lowest BCUT2D eigenvalue weighted by Crippen LogP contribution is -2.61. The van der Waals surface area contributed by atoms with Gasteiger partial charge >= 0.3 is 6.09 Å². The third-order valence-electron chi connectivity index (χ3n) is 2.22. The predicted octanol–water partition coefficient (Wildman–Crippen LogP) is -0.795. The molecule has 0 bridgehead atoms. The number of piperidine rings is 1. The molecule has 1 heterocycles. The fourth-order valence-corrected chi connectivity index (χ4v) is 1.53. The summed E-state index contributed by atoms with van der Waals surface area (Å²) < 4.78 is 5.04. The van der Waals surface area contributed by atoms with Crippen LogP contribution in [0.5, 0.6) is 0 Å². The van der Waals surface area contributed by atoms with E-state index in [1.165, 1.54) is 0 Å². The maximum Gasteiger partial charge on any atom is 0.408 e. The Balaban J connectivity index is 2.48. The van der Waals surface area contributed by atoms with E-state index in [-0.39, 0.29) is 0 Å². The van der Waals surface area contributed by atoms with Gasteiger partial charge in [-0.25, -0.2) is 4.79 Å². The molecule has 1 aliphatic heterocycles. The Kier molecular flexibility index (Phi) is 4.12. The number of aliphatic hydroxyl groups excluding tert-OH is 2. The second kappa shape index (κ2) is 4.99. The van der Waals surface area contributed by atoms with Crippen molar-refractivity contribution in [1.29, 1.82) is 0 Å². The van der Waals surface area contributed by atoms with E-state index in [0.29, 0.717) is 13.1 Å². The zero-order valence-corrected chi connectivity index (χ0v) is 9.86. The highest BCUT2D eigenvalue weighted by Crippen LogP contribution is 2.09. The van der Waals surface area contributed by atoms with Gasteiger partial charge in [0.15, 0.2) is 0 Å². The number of hydrogen-bond acceptors (Lipinski definition) is 5. The van der Waals surface area contributed by atoms with Crippen LogP contribution in [0.2, 0.25) is 0 Å². The first-order chi connectivity index (χ1) is 7.29. The lowest BCUT2D eigenvalue weighted by molar-refractivity contribution is -0.000203. The first-order valence-corrected chi connectivity index (χ1v) is 5.36. The van der Waals surface area contributed by atoms with Crippen molar-refractivity contribution in [1.82, 2.24) is 10.6 Å². The quantitative estimate of drug-likeness (QED) is 0.475. The van der Waals surface area contributed by atoms with Crippen molar-refractivity contribution >= 4 is 6.09 Å². The minimum Gasteiger partial charge on any atom is -0.444 e. The summed E-state index contributed by atoms with van der Waals surface area (Å²) in [5, 5.41) is 24.5. The number of hydrogen-bond donors (Lipinski definition) is 4. The molecule has 4 N–H and O–H groups in total. The number of nitrogens with one attached hydrogen (secondary N) is 2. The van der Waals surface area contributed by atoms with Crippen LogP contribution < -0.4 is 10.6 Å². The van der Waals surface area contributed by atoms with Crippen LogP contribution in [0.4, 0.5) is 4.79 Å². The van der Waals surface area contributed by atoms with Crippen LogP contribution >= 0.6 is 0 Å². The molecule has 0 saturated carbocycles. The minimum absolute atomic E-state index is 0.345. The van der Waals surface area contributed by atoms with Gasteiger partial charge in [0.1, 0.15) is 5.60 Å². The standard InChI is InChI=1S/C10H20N2O4/c1-10(2,3)16-9(15)12-8-6(13)4-11-5-7(8)14/h6-8,11,13-14H,4-5H2,1-3H3,(H,12,15)/t6-,7+,8+. The van der Waals surface area contributed by atoms with Crippen molar-refractivity contribution in [3.63, 3.8) is 0 Å². The SMILES string of the molecule is CC(C)(C)OC(=O)N[C@H]1[C@H](O)CNC[C@@H]1O. The molecule has 1 rings (SSSR count). The summed E-state index contributed by atoms with van der Waals surface area (Å²) in [6.07, 6.45) is -2.25. The summed E-state index contributed by atoms with van der Waals surface area (Å²) in [6, 6.07) is -0.684. The third kappa shape index (κ3) is 3.96. The molecule has 0 aliphatic carbocycles. The average molecular weight is 232 g/mol. The van der Waals surface area contributed by atoms with E-state index in [0.717, 1.165) is 0 Å². The Labute approximate surface area is 95.0 Å². The van der Waals surface area contributed by atoms with Crippen molar-refractivity contribution in [2.75, 3.05) is 13.1 Å². The zero-order chi connectivity index (χ0) is 12.3. The molecule has 0 unspecified atom stereocenters.